The topological polar surface area (TPSA) is 141 Å². The second-order valence-electron chi connectivity index (χ2n) is 9.77. The summed E-state index contributed by atoms with van der Waals surface area (Å²) >= 11 is 0. The molecule has 1 aromatic carbocycles. The summed E-state index contributed by atoms with van der Waals surface area (Å²) < 4.78 is 22.7. The second-order valence-corrected chi connectivity index (χ2v) is 9.77. The fourth-order valence-electron chi connectivity index (χ4n) is 4.72. The molecule has 0 saturated carbocycles. The van der Waals surface area contributed by atoms with Crippen molar-refractivity contribution in [1.29, 1.82) is 0 Å². The van der Waals surface area contributed by atoms with Crippen molar-refractivity contribution < 1.29 is 33.6 Å². The molecule has 1 aromatic heterocycles. The van der Waals surface area contributed by atoms with E-state index in [1.165, 1.54) is 0 Å². The average molecular weight is 485 g/mol. The van der Waals surface area contributed by atoms with Gasteiger partial charge >= 0.3 is 5.97 Å². The number of carbonyl (C=O) groups excluding carboxylic acids is 1. The molecular formula is C24H28N4O7. The molecule has 0 spiro atoms. The van der Waals surface area contributed by atoms with Gasteiger partial charge in [0.25, 0.3) is 0 Å². The molecule has 4 heterocycles. The Hall–Kier alpha value is -3.44. The van der Waals surface area contributed by atoms with Gasteiger partial charge in [-0.3, -0.25) is 9.59 Å². The van der Waals surface area contributed by atoms with Gasteiger partial charge in [-0.15, -0.1) is 0 Å². The molecule has 3 aliphatic heterocycles. The predicted molar refractivity (Wildman–Crippen MR) is 123 cm³/mol. The van der Waals surface area contributed by atoms with E-state index < -0.39 is 11.4 Å². The molecule has 4 atom stereocenters. The molecule has 3 N–H and O–H groups in total. The van der Waals surface area contributed by atoms with Crippen molar-refractivity contribution in [3.63, 3.8) is 0 Å². The minimum atomic E-state index is -0.926. The Morgan fingerprint density at radius 3 is 2.60 bits per heavy atom. The minimum absolute atomic E-state index is 0.0819. The average Bonchev–Trinajstić information content (AvgIpc) is 3.50. The fourth-order valence-corrected chi connectivity index (χ4v) is 4.72. The van der Waals surface area contributed by atoms with Gasteiger partial charge in [0.2, 0.25) is 18.6 Å². The molecule has 5 rings (SSSR count). The number of hydrogen-bond acceptors (Lipinski definition) is 9. The van der Waals surface area contributed by atoms with Crippen molar-refractivity contribution in [2.45, 2.75) is 51.0 Å². The molecule has 11 nitrogen and oxygen atoms in total. The number of benzene rings is 1. The van der Waals surface area contributed by atoms with Gasteiger partial charge in [-0.1, -0.05) is 13.8 Å². The molecule has 0 unspecified atom stereocenters. The van der Waals surface area contributed by atoms with E-state index in [2.05, 4.69) is 20.6 Å². The quantitative estimate of drug-likeness (QED) is 0.508. The van der Waals surface area contributed by atoms with Crippen LogP contribution < -0.4 is 20.1 Å². The summed E-state index contributed by atoms with van der Waals surface area (Å²) in [6, 6.07) is 6.98. The predicted octanol–water partition coefficient (Wildman–Crippen LogP) is 1.83. The number of carbonyl (C=O) groups is 2. The molecule has 11 heteroatoms. The highest BCUT2D eigenvalue weighted by atomic mass is 16.7. The first-order chi connectivity index (χ1) is 16.8. The number of hydrogen-bond donors (Lipinski definition) is 3. The number of amides is 1. The van der Waals surface area contributed by atoms with Gasteiger partial charge in [-0.2, -0.15) is 0 Å². The Bertz CT molecular complexity index is 1120. The van der Waals surface area contributed by atoms with Crippen molar-refractivity contribution >= 4 is 17.8 Å². The Morgan fingerprint density at radius 2 is 1.80 bits per heavy atom. The van der Waals surface area contributed by atoms with E-state index in [1.807, 2.05) is 24.3 Å². The number of carboxylic acid groups (broad SMARTS) is 1. The van der Waals surface area contributed by atoms with Gasteiger partial charge in [0, 0.05) is 18.2 Å². The van der Waals surface area contributed by atoms with Crippen LogP contribution in [0.5, 0.6) is 11.5 Å². The Labute approximate surface area is 202 Å². The van der Waals surface area contributed by atoms with Gasteiger partial charge < -0.3 is 34.7 Å². The lowest BCUT2D eigenvalue weighted by Crippen LogP contribution is -2.45. The number of aromatic nitrogens is 2. The van der Waals surface area contributed by atoms with Crippen LogP contribution in [0.15, 0.2) is 30.5 Å². The first-order valence-electron chi connectivity index (χ1n) is 11.5. The molecule has 35 heavy (non-hydrogen) atoms. The van der Waals surface area contributed by atoms with Crippen molar-refractivity contribution in [1.82, 2.24) is 15.3 Å². The molecule has 0 aliphatic carbocycles. The highest BCUT2D eigenvalue weighted by Crippen LogP contribution is 2.36. The van der Waals surface area contributed by atoms with E-state index in [0.717, 1.165) is 11.3 Å². The van der Waals surface area contributed by atoms with Crippen molar-refractivity contribution in [2.24, 2.45) is 5.41 Å². The van der Waals surface area contributed by atoms with Crippen LogP contribution >= 0.6 is 0 Å². The van der Waals surface area contributed by atoms with Crippen LogP contribution in [0.1, 0.15) is 26.7 Å². The smallest absolute Gasteiger partial charge is 0.303 e. The van der Waals surface area contributed by atoms with Gasteiger partial charge in [0.05, 0.1) is 37.4 Å². The molecule has 2 aromatic rings. The highest BCUT2D eigenvalue weighted by molar-refractivity contribution is 5.78. The van der Waals surface area contributed by atoms with Crippen LogP contribution in [0.3, 0.4) is 0 Å². The third-order valence-corrected chi connectivity index (χ3v) is 6.31. The third-order valence-electron chi connectivity index (χ3n) is 6.31. The van der Waals surface area contributed by atoms with Crippen molar-refractivity contribution in [3.05, 3.63) is 30.5 Å². The Balaban J connectivity index is 1.20. The first kappa shape index (κ1) is 23.3. The molecule has 186 valence electrons. The monoisotopic (exact) mass is 484 g/mol. The van der Waals surface area contributed by atoms with Gasteiger partial charge in [-0.05, 0) is 29.7 Å². The first-order valence-corrected chi connectivity index (χ1v) is 11.5. The molecule has 0 bridgehead atoms. The lowest BCUT2D eigenvalue weighted by molar-refractivity contribution is -0.139. The zero-order valence-electron chi connectivity index (χ0n) is 19.5. The van der Waals surface area contributed by atoms with Crippen molar-refractivity contribution in [2.75, 3.05) is 25.3 Å². The number of anilines is 1. The number of ether oxygens (including phenoxy) is 4. The molecule has 2 fully saturated rings. The summed E-state index contributed by atoms with van der Waals surface area (Å²) in [4.78, 5) is 32.5. The van der Waals surface area contributed by atoms with E-state index >= 15 is 0 Å². The number of fused-ring (bicyclic) bond motifs is 2. The van der Waals surface area contributed by atoms with Crippen LogP contribution in [0.2, 0.25) is 0 Å². The molecule has 0 radical (unpaired) electrons. The molecule has 1 amide bonds. The molecular weight excluding hydrogens is 456 g/mol. The lowest BCUT2D eigenvalue weighted by atomic mass is 9.85. The Morgan fingerprint density at radius 1 is 1.06 bits per heavy atom. The summed E-state index contributed by atoms with van der Waals surface area (Å²) in [7, 11) is 0. The minimum Gasteiger partial charge on any atom is -0.481 e. The van der Waals surface area contributed by atoms with Gasteiger partial charge in [0.1, 0.15) is 12.2 Å². The maximum Gasteiger partial charge on any atom is 0.303 e. The SMILES string of the molecule is CC(C)(CC(=O)O)CC(=O)N[C@H]1CO[C@H]2[C@@H]1OC[C@@H]2Nc1nccc(-c2ccc3c(c2)OCO3)n1. The van der Waals surface area contributed by atoms with E-state index in [-0.39, 0.29) is 49.8 Å². The van der Waals surface area contributed by atoms with E-state index in [0.29, 0.717) is 30.7 Å². The maximum absolute atomic E-state index is 12.5. The van der Waals surface area contributed by atoms with Crippen LogP contribution in [0.25, 0.3) is 11.3 Å². The van der Waals surface area contributed by atoms with Crippen LogP contribution in [0, 0.1) is 5.41 Å². The summed E-state index contributed by atoms with van der Waals surface area (Å²) in [5.41, 5.74) is 0.971. The van der Waals surface area contributed by atoms with E-state index in [4.69, 9.17) is 24.1 Å². The van der Waals surface area contributed by atoms with Crippen molar-refractivity contribution in [3.8, 4) is 22.8 Å². The fraction of sp³-hybridized carbons (Fsp3) is 0.500. The normalized spacial score (nSPS) is 24.7. The summed E-state index contributed by atoms with van der Waals surface area (Å²) in [6.07, 6.45) is 1.12. The number of carboxylic acids is 1. The largest absolute Gasteiger partial charge is 0.481 e. The zero-order valence-corrected chi connectivity index (χ0v) is 19.5. The number of nitrogens with one attached hydrogen (secondary N) is 2. The summed E-state index contributed by atoms with van der Waals surface area (Å²) in [5, 5.41) is 15.3. The lowest BCUT2D eigenvalue weighted by Gasteiger charge is -2.24. The standard InChI is InChI=1S/C24H28N4O7/c1-24(2,9-20(30)31)8-19(29)26-15-10-32-22-16(11-33-21(15)22)28-23-25-6-5-14(27-23)13-3-4-17-18(7-13)35-12-34-17/h3-7,15-16,21-22H,8-12H2,1-2H3,(H,26,29)(H,30,31)(H,25,27,28)/t15-,16-,21+,22+/m0/s1. The molecule has 2 saturated heterocycles. The summed E-state index contributed by atoms with van der Waals surface area (Å²) in [6.45, 7) is 4.43. The van der Waals surface area contributed by atoms with Gasteiger partial charge in [0.15, 0.2) is 11.5 Å². The maximum atomic E-state index is 12.5. The number of aliphatic carboxylic acids is 1. The Kier molecular flexibility index (Phi) is 6.20. The number of nitrogens with zero attached hydrogens (tertiary/aromatic N) is 2. The van der Waals surface area contributed by atoms with E-state index in [9.17, 15) is 9.59 Å². The molecule has 3 aliphatic rings. The van der Waals surface area contributed by atoms with Crippen LogP contribution in [-0.4, -0.2) is 71.2 Å². The van der Waals surface area contributed by atoms with Gasteiger partial charge in [-0.25, -0.2) is 9.97 Å². The van der Waals surface area contributed by atoms with Crippen LogP contribution in [0.4, 0.5) is 5.95 Å². The number of rotatable bonds is 8. The second kappa shape index (κ2) is 9.31. The zero-order chi connectivity index (χ0) is 24.6. The summed E-state index contributed by atoms with van der Waals surface area (Å²) in [5.74, 6) is 0.693. The van der Waals surface area contributed by atoms with E-state index in [1.54, 1.807) is 20.0 Å². The van der Waals surface area contributed by atoms with Crippen LogP contribution in [-0.2, 0) is 19.1 Å². The third kappa shape index (κ3) is 5.15. The highest BCUT2D eigenvalue weighted by Gasteiger charge is 2.48.